The van der Waals surface area contributed by atoms with Gasteiger partial charge in [-0.05, 0) is 109 Å². The highest BCUT2D eigenvalue weighted by molar-refractivity contribution is 6.31. The first-order valence-corrected chi connectivity index (χ1v) is 19.9. The third-order valence-electron chi connectivity index (χ3n) is 10.7. The van der Waals surface area contributed by atoms with Crippen molar-refractivity contribution in [1.29, 1.82) is 0 Å². The number of phenolic OH excluding ortho intramolecular Hbond substituents is 1. The summed E-state index contributed by atoms with van der Waals surface area (Å²) < 4.78 is 0. The fourth-order valence-corrected chi connectivity index (χ4v) is 7.77. The van der Waals surface area contributed by atoms with Crippen molar-refractivity contribution >= 4 is 68.6 Å². The van der Waals surface area contributed by atoms with Crippen LogP contribution in [0.25, 0.3) is 21.8 Å². The van der Waals surface area contributed by atoms with E-state index in [1.54, 1.807) is 61.1 Å². The number of phenols is 1. The monoisotopic (exact) mass is 822 g/mol. The number of nitrogens with zero attached hydrogens (tertiary/aromatic N) is 1. The Balaban J connectivity index is 1.14. The predicted molar refractivity (Wildman–Crippen MR) is 223 cm³/mol. The number of H-pyrrole nitrogens is 2. The molecule has 58 heavy (non-hydrogen) atoms. The summed E-state index contributed by atoms with van der Waals surface area (Å²) in [4.78, 5) is 66.6. The highest BCUT2D eigenvalue weighted by Crippen LogP contribution is 2.51. The summed E-state index contributed by atoms with van der Waals surface area (Å²) in [6.07, 6.45) is 8.36. The second kappa shape index (κ2) is 17.7. The molecule has 1 fully saturated rings. The Morgan fingerprint density at radius 1 is 0.828 bits per heavy atom. The molecular formula is C43H44Cl2N8O5. The number of aromatic amines is 2. The van der Waals surface area contributed by atoms with E-state index in [1.807, 2.05) is 36.5 Å². The Labute approximate surface area is 344 Å². The van der Waals surface area contributed by atoms with Crippen molar-refractivity contribution in [3.05, 3.63) is 130 Å². The summed E-state index contributed by atoms with van der Waals surface area (Å²) in [5.41, 5.74) is 9.21. The van der Waals surface area contributed by atoms with Crippen LogP contribution in [0.5, 0.6) is 5.75 Å². The quantitative estimate of drug-likeness (QED) is 0.0635. The fraction of sp³-hybridized carbons (Fsp3) is 0.279. The average Bonchev–Trinajstić information content (AvgIpc) is 3.61. The lowest BCUT2D eigenvalue weighted by molar-refractivity contribution is -0.134. The van der Waals surface area contributed by atoms with E-state index < -0.39 is 29.4 Å². The van der Waals surface area contributed by atoms with Gasteiger partial charge >= 0.3 is 0 Å². The van der Waals surface area contributed by atoms with E-state index in [2.05, 4.69) is 36.2 Å². The number of aromatic nitrogens is 3. The van der Waals surface area contributed by atoms with Gasteiger partial charge in [0.25, 0.3) is 0 Å². The number of halogens is 2. The molecule has 0 radical (unpaired) electrons. The molecule has 0 aliphatic heterocycles. The van der Waals surface area contributed by atoms with Crippen LogP contribution in [0.2, 0.25) is 10.0 Å². The van der Waals surface area contributed by atoms with E-state index in [9.17, 15) is 24.3 Å². The minimum atomic E-state index is -1.31. The molecule has 0 bridgehead atoms. The molecule has 1 aliphatic carbocycles. The van der Waals surface area contributed by atoms with Gasteiger partial charge in [0, 0.05) is 88.4 Å². The lowest BCUT2D eigenvalue weighted by atomic mass is 10.0. The van der Waals surface area contributed by atoms with Crippen LogP contribution < -0.4 is 27.0 Å². The van der Waals surface area contributed by atoms with Crippen molar-refractivity contribution in [3.8, 4) is 5.75 Å². The molecule has 0 saturated heterocycles. The van der Waals surface area contributed by atoms with Crippen LogP contribution >= 0.6 is 23.2 Å². The molecule has 0 spiro atoms. The molecule has 1 aliphatic rings. The molecule has 1 saturated carbocycles. The maximum Gasteiger partial charge on any atom is 0.246 e. The van der Waals surface area contributed by atoms with Crippen molar-refractivity contribution in [3.63, 3.8) is 0 Å². The number of benzene rings is 3. The molecule has 15 heteroatoms. The van der Waals surface area contributed by atoms with E-state index in [1.165, 1.54) is 0 Å². The van der Waals surface area contributed by atoms with Crippen molar-refractivity contribution in [1.82, 2.24) is 36.2 Å². The summed E-state index contributed by atoms with van der Waals surface area (Å²) in [6.45, 7) is 0.587. The average molecular weight is 824 g/mol. The molecule has 7 rings (SSSR count). The Morgan fingerprint density at radius 3 is 2.24 bits per heavy atom. The van der Waals surface area contributed by atoms with Gasteiger partial charge in [-0.25, -0.2) is 0 Å². The zero-order chi connectivity index (χ0) is 40.8. The van der Waals surface area contributed by atoms with Crippen LogP contribution in [0, 0.1) is 0 Å². The molecule has 3 heterocycles. The molecule has 6 aromatic rings. The van der Waals surface area contributed by atoms with Gasteiger partial charge in [0.15, 0.2) is 0 Å². The standard InChI is InChI=1S/C43H44Cl2N8O5/c44-29-5-3-25(4-6-29)18-37(52-40(56)38(51-39(55)2-1-14-46)19-28-24-50-36-10-8-31(54)21-33(28)36)41(57)53-43(22-34(43)26-11-15-47-16-12-26)42(58)48-17-13-27-23-49-35-9-7-30(45)20-32(27)35/h3-12,15-16,20-21,23-24,34,37-38,49-50,54H,1-2,13-14,17-19,22,46H2,(H,48,58)(H,51,55)(H,52,56)(H,53,57)/t34-,37-,38-,43?/m0/s1. The maximum atomic E-state index is 14.5. The zero-order valence-corrected chi connectivity index (χ0v) is 33.0. The molecule has 1 unspecified atom stereocenters. The van der Waals surface area contributed by atoms with E-state index >= 15 is 0 Å². The number of hydrogen-bond donors (Lipinski definition) is 8. The summed E-state index contributed by atoms with van der Waals surface area (Å²) in [5.74, 6) is -2.23. The lowest BCUT2D eigenvalue weighted by Gasteiger charge is -2.26. The Hall–Kier alpha value is -5.89. The van der Waals surface area contributed by atoms with Crippen LogP contribution in [-0.4, -0.2) is 74.4 Å². The fourth-order valence-electron chi connectivity index (χ4n) is 7.47. The number of hydrogen-bond acceptors (Lipinski definition) is 7. The summed E-state index contributed by atoms with van der Waals surface area (Å²) in [7, 11) is 0. The number of carbonyl (C=O) groups is 4. The molecule has 3 aromatic carbocycles. The molecule has 300 valence electrons. The topological polar surface area (TPSA) is 207 Å². The number of pyridine rings is 1. The zero-order valence-electron chi connectivity index (χ0n) is 31.5. The third-order valence-corrected chi connectivity index (χ3v) is 11.1. The molecule has 3 aromatic heterocycles. The van der Waals surface area contributed by atoms with Gasteiger partial charge in [0.1, 0.15) is 23.4 Å². The van der Waals surface area contributed by atoms with Crippen molar-refractivity contribution in [2.45, 2.75) is 62.1 Å². The first-order valence-electron chi connectivity index (χ1n) is 19.1. The number of aromatic hydroxyl groups is 1. The molecule has 4 atom stereocenters. The number of amides is 4. The number of nitrogens with two attached hydrogens (primary N) is 1. The van der Waals surface area contributed by atoms with Gasteiger partial charge in [0.2, 0.25) is 23.6 Å². The number of nitrogens with one attached hydrogen (secondary N) is 6. The van der Waals surface area contributed by atoms with Gasteiger partial charge in [0.05, 0.1) is 0 Å². The minimum absolute atomic E-state index is 0.0482. The van der Waals surface area contributed by atoms with E-state index in [4.69, 9.17) is 28.9 Å². The highest BCUT2D eigenvalue weighted by atomic mass is 35.5. The number of carbonyl (C=O) groups excluding carboxylic acids is 4. The number of rotatable bonds is 17. The predicted octanol–water partition coefficient (Wildman–Crippen LogP) is 4.95. The van der Waals surface area contributed by atoms with Crippen LogP contribution in [-0.2, 0) is 38.4 Å². The first kappa shape index (κ1) is 40.3. The third kappa shape index (κ3) is 9.28. The SMILES string of the molecule is NCCCC(=O)N[C@@H](Cc1c[nH]c2ccc(O)cc12)C(=O)N[C@@H](Cc1ccc(Cl)cc1)C(=O)NC1(C(=O)NCCc2c[nH]c3ccc(Cl)cc23)C[C@H]1c1ccncc1. The number of fused-ring (bicyclic) bond motifs is 2. The highest BCUT2D eigenvalue weighted by Gasteiger charge is 2.62. The molecule has 4 amide bonds. The molecule has 9 N–H and O–H groups in total. The van der Waals surface area contributed by atoms with Crippen LogP contribution in [0.15, 0.2) is 97.6 Å². The van der Waals surface area contributed by atoms with Gasteiger partial charge < -0.3 is 42.1 Å². The summed E-state index contributed by atoms with van der Waals surface area (Å²) in [6, 6.07) is 18.7. The van der Waals surface area contributed by atoms with Crippen molar-refractivity contribution in [2.75, 3.05) is 13.1 Å². The molecule has 13 nitrogen and oxygen atoms in total. The Kier molecular flexibility index (Phi) is 12.3. The lowest BCUT2D eigenvalue weighted by Crippen LogP contribution is -2.59. The largest absolute Gasteiger partial charge is 0.508 e. The first-order chi connectivity index (χ1) is 28.0. The van der Waals surface area contributed by atoms with Crippen LogP contribution in [0.1, 0.15) is 47.4 Å². The normalized spacial score (nSPS) is 17.1. The van der Waals surface area contributed by atoms with Crippen molar-refractivity contribution in [2.24, 2.45) is 5.73 Å². The van der Waals surface area contributed by atoms with Gasteiger partial charge in [-0.1, -0.05) is 35.3 Å². The summed E-state index contributed by atoms with van der Waals surface area (Å²) >= 11 is 12.4. The Bertz CT molecular complexity index is 2440. The van der Waals surface area contributed by atoms with E-state index in [-0.39, 0.29) is 42.7 Å². The van der Waals surface area contributed by atoms with Crippen LogP contribution in [0.4, 0.5) is 0 Å². The second-order valence-corrected chi connectivity index (χ2v) is 15.5. The van der Waals surface area contributed by atoms with E-state index in [0.717, 1.165) is 27.5 Å². The molecular weight excluding hydrogens is 779 g/mol. The van der Waals surface area contributed by atoms with Gasteiger partial charge in [-0.15, -0.1) is 0 Å². The maximum absolute atomic E-state index is 14.5. The van der Waals surface area contributed by atoms with Gasteiger partial charge in [-0.3, -0.25) is 24.2 Å². The van der Waals surface area contributed by atoms with Crippen molar-refractivity contribution < 1.29 is 24.3 Å². The smallest absolute Gasteiger partial charge is 0.246 e. The van der Waals surface area contributed by atoms with Gasteiger partial charge in [-0.2, -0.15) is 0 Å². The minimum Gasteiger partial charge on any atom is -0.508 e. The Morgan fingerprint density at radius 2 is 1.50 bits per heavy atom. The second-order valence-electron chi connectivity index (χ2n) is 14.7. The van der Waals surface area contributed by atoms with Crippen LogP contribution in [0.3, 0.4) is 0 Å². The summed E-state index contributed by atoms with van der Waals surface area (Å²) in [5, 5.41) is 24.8. The van der Waals surface area contributed by atoms with E-state index in [0.29, 0.717) is 58.9 Å².